The number of nitriles is 1. The van der Waals surface area contributed by atoms with Crippen LogP contribution in [0.1, 0.15) is 31.7 Å². The molecule has 0 fully saturated rings. The van der Waals surface area contributed by atoms with Crippen LogP contribution in [0.5, 0.6) is 0 Å². The standard InChI is InChI=1S/C13H17BrN2/c1-3-4-5-8-16(2)12-7-6-11(10-15)13(14)9-12/h6-7,9H,3-5,8H2,1-2H3. The summed E-state index contributed by atoms with van der Waals surface area (Å²) in [4.78, 5) is 2.22. The first kappa shape index (κ1) is 13.1. The molecule has 1 rings (SSSR count). The van der Waals surface area contributed by atoms with E-state index in [9.17, 15) is 0 Å². The van der Waals surface area contributed by atoms with Gasteiger partial charge in [0.05, 0.1) is 5.56 Å². The quantitative estimate of drug-likeness (QED) is 0.764. The predicted octanol–water partition coefficient (Wildman–Crippen LogP) is 3.95. The van der Waals surface area contributed by atoms with Crippen LogP contribution in [-0.4, -0.2) is 13.6 Å². The number of benzene rings is 1. The van der Waals surface area contributed by atoms with Gasteiger partial charge in [0, 0.05) is 23.8 Å². The van der Waals surface area contributed by atoms with Crippen LogP contribution in [0.3, 0.4) is 0 Å². The van der Waals surface area contributed by atoms with Gasteiger partial charge in [0.25, 0.3) is 0 Å². The highest BCUT2D eigenvalue weighted by atomic mass is 79.9. The van der Waals surface area contributed by atoms with Crippen molar-refractivity contribution in [2.24, 2.45) is 0 Å². The Morgan fingerprint density at radius 1 is 1.38 bits per heavy atom. The van der Waals surface area contributed by atoms with Gasteiger partial charge in [0.2, 0.25) is 0 Å². The summed E-state index contributed by atoms with van der Waals surface area (Å²) < 4.78 is 0.870. The SMILES string of the molecule is CCCCCN(C)c1ccc(C#N)c(Br)c1. The van der Waals surface area contributed by atoms with E-state index in [2.05, 4.69) is 40.9 Å². The maximum atomic E-state index is 8.83. The number of rotatable bonds is 5. The number of hydrogen-bond acceptors (Lipinski definition) is 2. The summed E-state index contributed by atoms with van der Waals surface area (Å²) in [6, 6.07) is 8.00. The molecular formula is C13H17BrN2. The molecular weight excluding hydrogens is 264 g/mol. The molecule has 3 heteroatoms. The highest BCUT2D eigenvalue weighted by molar-refractivity contribution is 9.10. The van der Waals surface area contributed by atoms with Gasteiger partial charge in [-0.15, -0.1) is 0 Å². The van der Waals surface area contributed by atoms with Crippen molar-refractivity contribution in [3.63, 3.8) is 0 Å². The number of unbranched alkanes of at least 4 members (excludes halogenated alkanes) is 2. The Morgan fingerprint density at radius 3 is 2.69 bits per heavy atom. The topological polar surface area (TPSA) is 27.0 Å². The fourth-order valence-corrected chi connectivity index (χ4v) is 2.02. The minimum Gasteiger partial charge on any atom is -0.375 e. The molecule has 0 N–H and O–H groups in total. The number of hydrogen-bond donors (Lipinski definition) is 0. The summed E-state index contributed by atoms with van der Waals surface area (Å²) in [5.74, 6) is 0. The first-order valence-corrected chi connectivity index (χ1v) is 6.39. The molecule has 0 unspecified atom stereocenters. The molecule has 1 aromatic carbocycles. The zero-order chi connectivity index (χ0) is 12.0. The summed E-state index contributed by atoms with van der Waals surface area (Å²) in [7, 11) is 2.09. The normalized spacial score (nSPS) is 9.88. The van der Waals surface area contributed by atoms with Gasteiger partial charge in [-0.25, -0.2) is 0 Å². The van der Waals surface area contributed by atoms with E-state index < -0.39 is 0 Å². The van der Waals surface area contributed by atoms with Crippen LogP contribution in [0, 0.1) is 11.3 Å². The third-order valence-corrected chi connectivity index (χ3v) is 3.27. The van der Waals surface area contributed by atoms with E-state index in [1.807, 2.05) is 18.2 Å². The third kappa shape index (κ3) is 3.53. The summed E-state index contributed by atoms with van der Waals surface area (Å²) in [6.07, 6.45) is 3.72. The van der Waals surface area contributed by atoms with Crippen LogP contribution >= 0.6 is 15.9 Å². The highest BCUT2D eigenvalue weighted by Gasteiger charge is 2.04. The van der Waals surface area contributed by atoms with Gasteiger partial charge in [0.1, 0.15) is 6.07 Å². The smallest absolute Gasteiger partial charge is 0.100 e. The molecule has 0 aliphatic rings. The van der Waals surface area contributed by atoms with Crippen LogP contribution in [0.15, 0.2) is 22.7 Å². The molecule has 16 heavy (non-hydrogen) atoms. The van der Waals surface area contributed by atoms with Crippen molar-refractivity contribution >= 4 is 21.6 Å². The van der Waals surface area contributed by atoms with Crippen LogP contribution in [0.4, 0.5) is 5.69 Å². The van der Waals surface area contributed by atoms with Crippen LogP contribution in [-0.2, 0) is 0 Å². The molecule has 86 valence electrons. The Kier molecular flexibility index (Phi) is 5.34. The molecule has 2 nitrogen and oxygen atoms in total. The van der Waals surface area contributed by atoms with Crippen molar-refractivity contribution in [1.82, 2.24) is 0 Å². The van der Waals surface area contributed by atoms with Crippen LogP contribution < -0.4 is 4.90 Å². The molecule has 0 saturated heterocycles. The van der Waals surface area contributed by atoms with Gasteiger partial charge >= 0.3 is 0 Å². The molecule has 1 aromatic rings. The second-order valence-electron chi connectivity index (χ2n) is 3.90. The van der Waals surface area contributed by atoms with Gasteiger partial charge in [-0.3, -0.25) is 0 Å². The molecule has 0 spiro atoms. The molecule has 0 bridgehead atoms. The minimum absolute atomic E-state index is 0.686. The van der Waals surface area contributed by atoms with Crippen molar-refractivity contribution in [3.8, 4) is 6.07 Å². The third-order valence-electron chi connectivity index (χ3n) is 2.61. The molecule has 0 saturated carbocycles. The first-order chi connectivity index (χ1) is 7.69. The van der Waals surface area contributed by atoms with E-state index >= 15 is 0 Å². The Hall–Kier alpha value is -1.01. The van der Waals surface area contributed by atoms with Crippen LogP contribution in [0.25, 0.3) is 0 Å². The monoisotopic (exact) mass is 280 g/mol. The summed E-state index contributed by atoms with van der Waals surface area (Å²) in [5, 5.41) is 8.83. The largest absolute Gasteiger partial charge is 0.375 e. The number of nitrogens with zero attached hydrogens (tertiary/aromatic N) is 2. The molecule has 0 aliphatic heterocycles. The Morgan fingerprint density at radius 2 is 2.12 bits per heavy atom. The summed E-state index contributed by atoms with van der Waals surface area (Å²) in [5.41, 5.74) is 1.84. The molecule has 0 heterocycles. The fraction of sp³-hybridized carbons (Fsp3) is 0.462. The Balaban J connectivity index is 2.66. The second kappa shape index (κ2) is 6.55. The minimum atomic E-state index is 0.686. The lowest BCUT2D eigenvalue weighted by Crippen LogP contribution is -2.18. The van der Waals surface area contributed by atoms with Crippen molar-refractivity contribution in [1.29, 1.82) is 5.26 Å². The fourth-order valence-electron chi connectivity index (χ4n) is 1.56. The Bertz CT molecular complexity index is 382. The number of halogens is 1. The van der Waals surface area contributed by atoms with Gasteiger partial charge in [-0.05, 0) is 40.5 Å². The van der Waals surface area contributed by atoms with E-state index in [-0.39, 0.29) is 0 Å². The van der Waals surface area contributed by atoms with Crippen LogP contribution in [0.2, 0.25) is 0 Å². The highest BCUT2D eigenvalue weighted by Crippen LogP contribution is 2.23. The van der Waals surface area contributed by atoms with Gasteiger partial charge < -0.3 is 4.90 Å². The van der Waals surface area contributed by atoms with Crippen molar-refractivity contribution < 1.29 is 0 Å². The van der Waals surface area contributed by atoms with E-state index in [0.717, 1.165) is 16.7 Å². The van der Waals surface area contributed by atoms with E-state index in [1.54, 1.807) is 0 Å². The lowest BCUT2D eigenvalue weighted by Gasteiger charge is -2.19. The lowest BCUT2D eigenvalue weighted by molar-refractivity contribution is 0.705. The average Bonchev–Trinajstić information content (AvgIpc) is 2.29. The zero-order valence-electron chi connectivity index (χ0n) is 9.83. The van der Waals surface area contributed by atoms with Crippen molar-refractivity contribution in [3.05, 3.63) is 28.2 Å². The maximum Gasteiger partial charge on any atom is 0.100 e. The van der Waals surface area contributed by atoms with E-state index in [4.69, 9.17) is 5.26 Å². The molecule has 0 amide bonds. The number of anilines is 1. The van der Waals surface area contributed by atoms with Crippen molar-refractivity contribution in [2.75, 3.05) is 18.5 Å². The Labute approximate surface area is 106 Å². The molecule has 0 radical (unpaired) electrons. The summed E-state index contributed by atoms with van der Waals surface area (Å²) >= 11 is 3.41. The van der Waals surface area contributed by atoms with E-state index in [0.29, 0.717) is 5.56 Å². The zero-order valence-corrected chi connectivity index (χ0v) is 11.4. The van der Waals surface area contributed by atoms with Gasteiger partial charge in [-0.2, -0.15) is 5.26 Å². The predicted molar refractivity (Wildman–Crippen MR) is 71.7 cm³/mol. The lowest BCUT2D eigenvalue weighted by atomic mass is 10.2. The first-order valence-electron chi connectivity index (χ1n) is 5.59. The van der Waals surface area contributed by atoms with Gasteiger partial charge in [0.15, 0.2) is 0 Å². The van der Waals surface area contributed by atoms with Gasteiger partial charge in [-0.1, -0.05) is 19.8 Å². The molecule has 0 aliphatic carbocycles. The second-order valence-corrected chi connectivity index (χ2v) is 4.76. The maximum absolute atomic E-state index is 8.83. The molecule has 0 aromatic heterocycles. The molecule has 0 atom stereocenters. The van der Waals surface area contributed by atoms with Crippen molar-refractivity contribution in [2.45, 2.75) is 26.2 Å². The van der Waals surface area contributed by atoms with E-state index in [1.165, 1.54) is 19.3 Å². The average molecular weight is 281 g/mol. The summed E-state index contributed by atoms with van der Waals surface area (Å²) in [6.45, 7) is 3.27.